The van der Waals surface area contributed by atoms with Gasteiger partial charge in [-0.3, -0.25) is 0 Å². The van der Waals surface area contributed by atoms with Crippen molar-refractivity contribution < 1.29 is 4.74 Å². The minimum Gasteiger partial charge on any atom is -0.383 e. The molecule has 1 N–H and O–H groups in total. The molecule has 0 aromatic carbocycles. The maximum atomic E-state index is 4.98. The van der Waals surface area contributed by atoms with Gasteiger partial charge in [-0.1, -0.05) is 13.8 Å². The lowest BCUT2D eigenvalue weighted by molar-refractivity contribution is 0.199. The first kappa shape index (κ1) is 15.9. The summed E-state index contributed by atoms with van der Waals surface area (Å²) in [7, 11) is 1.70. The molecule has 0 amide bonds. The van der Waals surface area contributed by atoms with E-state index in [1.165, 1.54) is 0 Å². The molecule has 1 rings (SSSR count). The Hall–Kier alpha value is -1.20. The Labute approximate surface area is 116 Å². The van der Waals surface area contributed by atoms with Gasteiger partial charge in [0.25, 0.3) is 0 Å². The van der Waals surface area contributed by atoms with Gasteiger partial charge in [-0.25, -0.2) is 9.97 Å². The van der Waals surface area contributed by atoms with Crippen LogP contribution in [-0.4, -0.2) is 43.3 Å². The first-order chi connectivity index (χ1) is 9.17. The van der Waals surface area contributed by atoms with Crippen LogP contribution in [0.1, 0.15) is 26.3 Å². The Balaban J connectivity index is 2.49. The number of rotatable bonds is 9. The van der Waals surface area contributed by atoms with E-state index in [1.54, 1.807) is 7.11 Å². The summed E-state index contributed by atoms with van der Waals surface area (Å²) in [6.07, 6.45) is 3.79. The van der Waals surface area contributed by atoms with Gasteiger partial charge in [0.15, 0.2) is 0 Å². The molecule has 0 unspecified atom stereocenters. The van der Waals surface area contributed by atoms with E-state index in [9.17, 15) is 0 Å². The third-order valence-corrected chi connectivity index (χ3v) is 2.75. The Kier molecular flexibility index (Phi) is 7.36. The van der Waals surface area contributed by atoms with Crippen LogP contribution in [0.4, 0.5) is 5.95 Å². The second kappa shape index (κ2) is 8.82. The molecular weight excluding hydrogens is 240 g/mol. The van der Waals surface area contributed by atoms with Gasteiger partial charge in [0.1, 0.15) is 0 Å². The SMILES string of the molecule is CCN(CC(C)C)c1ncc(CNCCOC)cn1. The number of hydrogen-bond donors (Lipinski definition) is 1. The van der Waals surface area contributed by atoms with Crippen molar-refractivity contribution in [1.82, 2.24) is 15.3 Å². The number of nitrogens with zero attached hydrogens (tertiary/aromatic N) is 3. The molecule has 0 radical (unpaired) electrons. The fourth-order valence-electron chi connectivity index (χ4n) is 1.80. The molecule has 0 spiro atoms. The highest BCUT2D eigenvalue weighted by Crippen LogP contribution is 2.09. The molecule has 19 heavy (non-hydrogen) atoms. The lowest BCUT2D eigenvalue weighted by Crippen LogP contribution is -2.29. The van der Waals surface area contributed by atoms with Crippen LogP contribution in [0.2, 0.25) is 0 Å². The van der Waals surface area contributed by atoms with Crippen LogP contribution >= 0.6 is 0 Å². The molecule has 0 atom stereocenters. The molecule has 0 fully saturated rings. The normalized spacial score (nSPS) is 11.0. The summed E-state index contributed by atoms with van der Waals surface area (Å²) >= 11 is 0. The van der Waals surface area contributed by atoms with Gasteiger partial charge in [0.05, 0.1) is 6.61 Å². The topological polar surface area (TPSA) is 50.3 Å². The molecule has 0 saturated heterocycles. The summed E-state index contributed by atoms with van der Waals surface area (Å²) in [6.45, 7) is 10.8. The van der Waals surface area contributed by atoms with Crippen LogP contribution in [0, 0.1) is 5.92 Å². The molecule has 0 aliphatic rings. The first-order valence-corrected chi connectivity index (χ1v) is 6.92. The van der Waals surface area contributed by atoms with Gasteiger partial charge in [0.2, 0.25) is 5.95 Å². The van der Waals surface area contributed by atoms with E-state index >= 15 is 0 Å². The summed E-state index contributed by atoms with van der Waals surface area (Å²) in [5.41, 5.74) is 1.10. The fraction of sp³-hybridized carbons (Fsp3) is 0.714. The average molecular weight is 266 g/mol. The quantitative estimate of drug-likeness (QED) is 0.689. The summed E-state index contributed by atoms with van der Waals surface area (Å²) in [5.74, 6) is 1.43. The van der Waals surface area contributed by atoms with Crippen LogP contribution < -0.4 is 10.2 Å². The van der Waals surface area contributed by atoms with Gasteiger partial charge < -0.3 is 15.0 Å². The third-order valence-electron chi connectivity index (χ3n) is 2.75. The maximum Gasteiger partial charge on any atom is 0.225 e. The van der Waals surface area contributed by atoms with E-state index < -0.39 is 0 Å². The molecule has 0 aliphatic heterocycles. The fourth-order valence-corrected chi connectivity index (χ4v) is 1.80. The van der Waals surface area contributed by atoms with Crippen LogP contribution in [0.15, 0.2) is 12.4 Å². The number of hydrogen-bond acceptors (Lipinski definition) is 5. The molecule has 1 aromatic rings. The average Bonchev–Trinajstić information content (AvgIpc) is 2.41. The number of aromatic nitrogens is 2. The number of nitrogens with one attached hydrogen (secondary N) is 1. The molecule has 0 saturated carbocycles. The van der Waals surface area contributed by atoms with Gasteiger partial charge in [-0.2, -0.15) is 0 Å². The van der Waals surface area contributed by atoms with E-state index in [-0.39, 0.29) is 0 Å². The zero-order chi connectivity index (χ0) is 14.1. The zero-order valence-corrected chi connectivity index (χ0v) is 12.5. The Morgan fingerprint density at radius 2 is 2.00 bits per heavy atom. The smallest absolute Gasteiger partial charge is 0.225 e. The van der Waals surface area contributed by atoms with Crippen molar-refractivity contribution in [3.8, 4) is 0 Å². The van der Waals surface area contributed by atoms with E-state index in [2.05, 4.69) is 41.0 Å². The first-order valence-electron chi connectivity index (χ1n) is 6.92. The van der Waals surface area contributed by atoms with Crippen molar-refractivity contribution in [2.24, 2.45) is 5.92 Å². The number of anilines is 1. The van der Waals surface area contributed by atoms with Crippen LogP contribution in [0.5, 0.6) is 0 Å². The summed E-state index contributed by atoms with van der Waals surface area (Å²) < 4.78 is 4.98. The van der Waals surface area contributed by atoms with Gasteiger partial charge in [0, 0.05) is 51.2 Å². The van der Waals surface area contributed by atoms with Crippen molar-refractivity contribution in [3.05, 3.63) is 18.0 Å². The second-order valence-corrected chi connectivity index (χ2v) is 4.99. The maximum absolute atomic E-state index is 4.98. The Morgan fingerprint density at radius 3 is 2.53 bits per heavy atom. The molecule has 0 bridgehead atoms. The van der Waals surface area contributed by atoms with Crippen LogP contribution in [-0.2, 0) is 11.3 Å². The minimum atomic E-state index is 0.610. The number of methoxy groups -OCH3 is 1. The highest BCUT2D eigenvalue weighted by Gasteiger charge is 2.08. The van der Waals surface area contributed by atoms with Gasteiger partial charge >= 0.3 is 0 Å². The van der Waals surface area contributed by atoms with Gasteiger partial charge in [-0.15, -0.1) is 0 Å². The van der Waals surface area contributed by atoms with E-state index in [0.29, 0.717) is 5.92 Å². The van der Waals surface area contributed by atoms with Crippen LogP contribution in [0.25, 0.3) is 0 Å². The van der Waals surface area contributed by atoms with Crippen molar-refractivity contribution in [1.29, 1.82) is 0 Å². The standard InChI is InChI=1S/C14H26N4O/c1-5-18(11-12(2)3)14-16-9-13(10-17-14)8-15-6-7-19-4/h9-10,12,15H,5-8,11H2,1-4H3. The van der Waals surface area contributed by atoms with E-state index in [1.807, 2.05) is 12.4 Å². The van der Waals surface area contributed by atoms with Crippen molar-refractivity contribution in [2.75, 3.05) is 38.3 Å². The number of ether oxygens (including phenoxy) is 1. The monoisotopic (exact) mass is 266 g/mol. The van der Waals surface area contributed by atoms with Crippen molar-refractivity contribution in [2.45, 2.75) is 27.3 Å². The molecule has 0 aliphatic carbocycles. The molecule has 1 heterocycles. The highest BCUT2D eigenvalue weighted by atomic mass is 16.5. The predicted octanol–water partition coefficient (Wildman–Crippen LogP) is 1.69. The lowest BCUT2D eigenvalue weighted by atomic mass is 10.2. The summed E-state index contributed by atoms with van der Waals surface area (Å²) in [4.78, 5) is 11.1. The Bertz CT molecular complexity index is 340. The van der Waals surface area contributed by atoms with E-state index in [0.717, 1.165) is 44.3 Å². The Morgan fingerprint density at radius 1 is 1.32 bits per heavy atom. The van der Waals surface area contributed by atoms with Crippen LogP contribution in [0.3, 0.4) is 0 Å². The van der Waals surface area contributed by atoms with Crippen molar-refractivity contribution in [3.63, 3.8) is 0 Å². The molecule has 5 nitrogen and oxygen atoms in total. The minimum absolute atomic E-state index is 0.610. The predicted molar refractivity (Wildman–Crippen MR) is 78.3 cm³/mol. The zero-order valence-electron chi connectivity index (χ0n) is 12.5. The molecule has 1 aromatic heterocycles. The van der Waals surface area contributed by atoms with Gasteiger partial charge in [-0.05, 0) is 12.8 Å². The molecular formula is C14H26N4O. The highest BCUT2D eigenvalue weighted by molar-refractivity contribution is 5.29. The van der Waals surface area contributed by atoms with E-state index in [4.69, 9.17) is 4.74 Å². The lowest BCUT2D eigenvalue weighted by Gasteiger charge is -2.22. The van der Waals surface area contributed by atoms with Crippen molar-refractivity contribution >= 4 is 5.95 Å². The molecule has 108 valence electrons. The third kappa shape index (κ3) is 5.98. The summed E-state index contributed by atoms with van der Waals surface area (Å²) in [6, 6.07) is 0. The largest absolute Gasteiger partial charge is 0.383 e. The molecule has 5 heteroatoms. The summed E-state index contributed by atoms with van der Waals surface area (Å²) in [5, 5.41) is 3.28. The second-order valence-electron chi connectivity index (χ2n) is 4.99.